The van der Waals surface area contributed by atoms with Crippen molar-refractivity contribution in [3.05, 3.63) is 157 Å². The van der Waals surface area contributed by atoms with E-state index in [1.54, 1.807) is 6.07 Å². The normalized spacial score (nSPS) is 14.4. The molecule has 7 heteroatoms. The molecule has 4 heterocycles. The fraction of sp³-hybridized carbons (Fsp3) is 0.189. The molecule has 7 aromatic carbocycles. The van der Waals surface area contributed by atoms with Gasteiger partial charge in [-0.15, -0.1) is 0 Å². The monoisotopic (exact) mass is 788 g/mol. The number of furan rings is 1. The highest BCUT2D eigenvalue weighted by molar-refractivity contribution is 6.24. The predicted octanol–water partition coefficient (Wildman–Crippen LogP) is 14.2. The zero-order valence-corrected chi connectivity index (χ0v) is 34.6. The molecule has 1 aliphatic heterocycles. The molecule has 0 saturated heterocycles. The number of aromatic nitrogens is 3. The quantitative estimate of drug-likeness (QED) is 0.174. The van der Waals surface area contributed by atoms with E-state index in [4.69, 9.17) is 18.3 Å². The molecule has 296 valence electrons. The Kier molecular flexibility index (Phi) is 7.13. The molecule has 0 saturated carbocycles. The Morgan fingerprint density at radius 2 is 1.27 bits per heavy atom. The summed E-state index contributed by atoms with van der Waals surface area (Å²) in [5.41, 5.74) is 11.2. The van der Waals surface area contributed by atoms with Gasteiger partial charge in [-0.25, -0.2) is 4.98 Å². The summed E-state index contributed by atoms with van der Waals surface area (Å²) in [6.45, 7) is 11.8. The first-order valence-corrected chi connectivity index (χ1v) is 20.6. The Bertz CT molecular complexity index is 3420. The third-order valence-electron chi connectivity index (χ3n) is 12.1. The van der Waals surface area contributed by atoms with Crippen LogP contribution in [0.3, 0.4) is 0 Å². The Hall–Kier alpha value is -6.99. The van der Waals surface area contributed by atoms with Gasteiger partial charge in [0.1, 0.15) is 29.3 Å². The second-order valence-corrected chi connectivity index (χ2v) is 18.0. The number of nitrogens with zero attached hydrogens (tertiary/aromatic N) is 5. The molecule has 11 rings (SSSR count). The molecule has 1 aliphatic rings. The first-order valence-electron chi connectivity index (χ1n) is 22.1. The minimum Gasteiger partial charge on any atom is -0.457 e. The van der Waals surface area contributed by atoms with Crippen LogP contribution in [-0.4, -0.2) is 20.8 Å². The second-order valence-electron chi connectivity index (χ2n) is 18.0. The average molecular weight is 789 g/mol. The van der Waals surface area contributed by atoms with Crippen molar-refractivity contribution in [3.63, 3.8) is 0 Å². The van der Waals surface area contributed by atoms with Crippen molar-refractivity contribution in [2.45, 2.75) is 52.4 Å². The number of aryl methyl sites for hydroxylation is 1. The van der Waals surface area contributed by atoms with Crippen molar-refractivity contribution in [2.24, 2.45) is 6.98 Å². The van der Waals surface area contributed by atoms with Gasteiger partial charge < -0.3 is 23.5 Å². The summed E-state index contributed by atoms with van der Waals surface area (Å²) in [6.07, 6.45) is 0. The number of para-hydroxylation sites is 5. The van der Waals surface area contributed by atoms with E-state index >= 15 is 0 Å². The van der Waals surface area contributed by atoms with Gasteiger partial charge in [-0.3, -0.25) is 4.57 Å². The molecular weight excluding hydrogens is 739 g/mol. The number of rotatable bonds is 5. The number of ether oxygens (including phenoxy) is 1. The van der Waals surface area contributed by atoms with Crippen LogP contribution in [0.2, 0.25) is 0 Å². The Labute approximate surface area is 353 Å². The van der Waals surface area contributed by atoms with Crippen LogP contribution in [0.25, 0.3) is 60.7 Å². The van der Waals surface area contributed by atoms with Crippen LogP contribution in [0.5, 0.6) is 11.5 Å². The van der Waals surface area contributed by atoms with Gasteiger partial charge in [-0.2, -0.15) is 0 Å². The lowest BCUT2D eigenvalue weighted by Gasteiger charge is -2.29. The highest BCUT2D eigenvalue weighted by Gasteiger charge is 2.30. The van der Waals surface area contributed by atoms with Crippen LogP contribution >= 0.6 is 0 Å². The van der Waals surface area contributed by atoms with E-state index in [0.717, 1.165) is 60.8 Å². The standard InChI is InChI=1S/C53H47N5O2/c1-52(2,3)33-27-34(53(4,5)6)29-36(28-33)57-32-56(44-20-11-12-21-45(44)57)35-15-14-16-37(30-35)59-38-23-24-41-47(31-38)58(51-54-42-18-9-10-19-43(42)55(51)7)46-26-25-40-39-17-8-13-22-48(39)60-50(40)49(41)46/h8-31H,32H2,1-7H3/i7D3. The molecule has 0 radical (unpaired) electrons. The predicted molar refractivity (Wildman–Crippen MR) is 248 cm³/mol. The summed E-state index contributed by atoms with van der Waals surface area (Å²) in [7, 11) is 0. The Balaban J connectivity index is 1.03. The van der Waals surface area contributed by atoms with Crippen molar-refractivity contribution < 1.29 is 13.3 Å². The van der Waals surface area contributed by atoms with Gasteiger partial charge >= 0.3 is 0 Å². The van der Waals surface area contributed by atoms with Gasteiger partial charge in [0.25, 0.3) is 0 Å². The number of anilines is 4. The molecule has 0 spiro atoms. The summed E-state index contributed by atoms with van der Waals surface area (Å²) in [6, 6.07) is 49.3. The molecule has 60 heavy (non-hydrogen) atoms. The Morgan fingerprint density at radius 3 is 2.03 bits per heavy atom. The maximum Gasteiger partial charge on any atom is 0.215 e. The third-order valence-corrected chi connectivity index (χ3v) is 12.1. The van der Waals surface area contributed by atoms with E-state index in [1.807, 2.05) is 83.4 Å². The molecule has 0 unspecified atom stereocenters. The van der Waals surface area contributed by atoms with E-state index in [2.05, 4.69) is 112 Å². The van der Waals surface area contributed by atoms with Crippen LogP contribution in [0.15, 0.2) is 150 Å². The summed E-state index contributed by atoms with van der Waals surface area (Å²) < 4.78 is 42.7. The fourth-order valence-corrected chi connectivity index (χ4v) is 8.84. The van der Waals surface area contributed by atoms with E-state index in [-0.39, 0.29) is 16.8 Å². The van der Waals surface area contributed by atoms with Gasteiger partial charge in [0.05, 0.1) is 38.8 Å². The topological polar surface area (TPSA) is 51.6 Å². The van der Waals surface area contributed by atoms with Crippen LogP contribution in [0.1, 0.15) is 56.8 Å². The largest absolute Gasteiger partial charge is 0.457 e. The maximum absolute atomic E-state index is 8.68. The van der Waals surface area contributed by atoms with E-state index in [0.29, 0.717) is 29.2 Å². The summed E-state index contributed by atoms with van der Waals surface area (Å²) >= 11 is 0. The zero-order valence-electron chi connectivity index (χ0n) is 37.6. The van der Waals surface area contributed by atoms with Gasteiger partial charge in [-0.1, -0.05) is 96.1 Å². The van der Waals surface area contributed by atoms with Gasteiger partial charge in [0.2, 0.25) is 5.95 Å². The van der Waals surface area contributed by atoms with Crippen LogP contribution in [0.4, 0.5) is 22.7 Å². The van der Waals surface area contributed by atoms with Crippen LogP contribution in [-0.2, 0) is 17.8 Å². The van der Waals surface area contributed by atoms with Crippen molar-refractivity contribution in [2.75, 3.05) is 16.5 Å². The number of hydrogen-bond acceptors (Lipinski definition) is 5. The molecule has 0 amide bonds. The molecular formula is C53H47N5O2. The molecule has 0 atom stereocenters. The fourth-order valence-electron chi connectivity index (χ4n) is 8.84. The average Bonchev–Trinajstić information content (AvgIpc) is 4.01. The second kappa shape index (κ2) is 13.0. The van der Waals surface area contributed by atoms with E-state index in [9.17, 15) is 0 Å². The van der Waals surface area contributed by atoms with E-state index in [1.165, 1.54) is 21.4 Å². The molecule has 7 nitrogen and oxygen atoms in total. The van der Waals surface area contributed by atoms with E-state index < -0.39 is 6.98 Å². The summed E-state index contributed by atoms with van der Waals surface area (Å²) in [5, 5.41) is 3.76. The molecule has 0 bridgehead atoms. The minimum atomic E-state index is -2.51. The van der Waals surface area contributed by atoms with Crippen molar-refractivity contribution in [3.8, 4) is 17.4 Å². The lowest BCUT2D eigenvalue weighted by molar-refractivity contribution is 0.483. The van der Waals surface area contributed by atoms with Crippen molar-refractivity contribution in [1.29, 1.82) is 0 Å². The lowest BCUT2D eigenvalue weighted by Crippen LogP contribution is -2.25. The zero-order chi connectivity index (χ0) is 43.6. The van der Waals surface area contributed by atoms with Crippen LogP contribution < -0.4 is 14.5 Å². The SMILES string of the molecule is [2H]C([2H])([2H])n1c(-n2c3cc(Oc4cccc(N5CN(c6cc(C(C)(C)C)cc(C(C)(C)C)c6)c6ccccc65)c4)ccc3c3c4oc5ccccc5c4ccc32)nc2ccccc21. The number of fused-ring (bicyclic) bond motifs is 9. The van der Waals surface area contributed by atoms with Gasteiger partial charge in [0.15, 0.2) is 0 Å². The highest BCUT2D eigenvalue weighted by atomic mass is 16.5. The molecule has 0 fully saturated rings. The maximum atomic E-state index is 8.68. The third kappa shape index (κ3) is 5.67. The highest BCUT2D eigenvalue weighted by Crippen LogP contribution is 2.47. The molecule has 0 N–H and O–H groups in total. The summed E-state index contributed by atoms with van der Waals surface area (Å²) in [4.78, 5) is 9.72. The first kappa shape index (κ1) is 32.9. The number of benzene rings is 7. The molecule has 0 aliphatic carbocycles. The number of hydrogen-bond donors (Lipinski definition) is 0. The smallest absolute Gasteiger partial charge is 0.215 e. The minimum absolute atomic E-state index is 0.0119. The van der Waals surface area contributed by atoms with Gasteiger partial charge in [0, 0.05) is 50.8 Å². The van der Waals surface area contributed by atoms with Crippen molar-refractivity contribution >= 4 is 77.5 Å². The Morgan fingerprint density at radius 1 is 0.583 bits per heavy atom. The van der Waals surface area contributed by atoms with Crippen LogP contribution in [0, 0.1) is 0 Å². The molecule has 3 aromatic heterocycles. The first-order chi connectivity index (χ1) is 30.1. The van der Waals surface area contributed by atoms with Crippen molar-refractivity contribution in [1.82, 2.24) is 14.1 Å². The lowest BCUT2D eigenvalue weighted by atomic mass is 9.80. The molecule has 10 aromatic rings. The summed E-state index contributed by atoms with van der Waals surface area (Å²) in [5.74, 6) is 1.55. The number of imidazole rings is 1. The van der Waals surface area contributed by atoms with Gasteiger partial charge in [-0.05, 0) is 101 Å².